The van der Waals surface area contributed by atoms with Crippen molar-refractivity contribution < 1.29 is 9.53 Å². The van der Waals surface area contributed by atoms with E-state index in [-0.39, 0.29) is 5.56 Å². The molecule has 1 saturated carbocycles. The van der Waals surface area contributed by atoms with Crippen molar-refractivity contribution >= 4 is 23.4 Å². The summed E-state index contributed by atoms with van der Waals surface area (Å²) in [5, 5.41) is 0. The van der Waals surface area contributed by atoms with Gasteiger partial charge in [-0.15, -0.1) is 0 Å². The minimum absolute atomic E-state index is 0.152. The fraction of sp³-hybridized carbons (Fsp3) is 0.688. The second-order valence-electron chi connectivity index (χ2n) is 6.51. The van der Waals surface area contributed by atoms with Crippen LogP contribution in [0.1, 0.15) is 33.1 Å². The van der Waals surface area contributed by atoms with Gasteiger partial charge in [-0.25, -0.2) is 9.79 Å². The molecule has 1 aromatic heterocycles. The Labute approximate surface area is 139 Å². The molecule has 0 bridgehead atoms. The third-order valence-corrected chi connectivity index (χ3v) is 6.23. The summed E-state index contributed by atoms with van der Waals surface area (Å²) < 4.78 is 6.67. The zero-order valence-electron chi connectivity index (χ0n) is 13.8. The van der Waals surface area contributed by atoms with Crippen LogP contribution in [0.25, 0.3) is 6.08 Å². The largest absolute Gasteiger partial charge is 0.466 e. The molecule has 2 heterocycles. The number of thiazole rings is 1. The van der Waals surface area contributed by atoms with Crippen LogP contribution in [-0.4, -0.2) is 35.3 Å². The quantitative estimate of drug-likeness (QED) is 0.739. The lowest BCUT2D eigenvalue weighted by molar-refractivity contribution is -0.133. The molecule has 0 saturated heterocycles. The SMILES string of the molecule is COC(=O)C=c1sc2n(c1=O)CN(C1CCCC(C)C1C)CN=2. The molecular formula is C16H23N3O3S. The molecule has 126 valence electrons. The first-order chi connectivity index (χ1) is 11.0. The molecule has 0 N–H and O–H groups in total. The highest BCUT2D eigenvalue weighted by molar-refractivity contribution is 7.07. The van der Waals surface area contributed by atoms with Gasteiger partial charge in [-0.1, -0.05) is 38.0 Å². The maximum absolute atomic E-state index is 12.5. The average Bonchev–Trinajstić information content (AvgIpc) is 2.85. The molecule has 0 radical (unpaired) electrons. The second-order valence-corrected chi connectivity index (χ2v) is 7.52. The zero-order valence-corrected chi connectivity index (χ0v) is 14.6. The van der Waals surface area contributed by atoms with E-state index in [0.29, 0.717) is 40.5 Å². The third kappa shape index (κ3) is 3.12. The first-order valence-corrected chi connectivity index (χ1v) is 8.90. The Hall–Kier alpha value is -1.47. The van der Waals surface area contributed by atoms with Gasteiger partial charge in [0.25, 0.3) is 5.56 Å². The van der Waals surface area contributed by atoms with Crippen molar-refractivity contribution in [3.8, 4) is 0 Å². The number of rotatable bonds is 2. The van der Waals surface area contributed by atoms with E-state index in [1.165, 1.54) is 37.4 Å². The van der Waals surface area contributed by atoms with Crippen LogP contribution in [0.5, 0.6) is 0 Å². The van der Waals surface area contributed by atoms with Crippen LogP contribution in [0, 0.1) is 11.8 Å². The first-order valence-electron chi connectivity index (χ1n) is 8.09. The number of carbonyl (C=O) groups is 1. The molecule has 1 fully saturated rings. The van der Waals surface area contributed by atoms with Gasteiger partial charge in [0, 0.05) is 12.1 Å². The summed E-state index contributed by atoms with van der Waals surface area (Å²) in [6, 6.07) is 0.468. The van der Waals surface area contributed by atoms with E-state index in [1.807, 2.05) is 0 Å². The van der Waals surface area contributed by atoms with E-state index in [9.17, 15) is 9.59 Å². The highest BCUT2D eigenvalue weighted by atomic mass is 32.1. The van der Waals surface area contributed by atoms with Crippen LogP contribution in [0.15, 0.2) is 9.79 Å². The molecule has 3 unspecified atom stereocenters. The summed E-state index contributed by atoms with van der Waals surface area (Å²) in [6.07, 6.45) is 4.93. The number of aromatic nitrogens is 1. The minimum Gasteiger partial charge on any atom is -0.466 e. The van der Waals surface area contributed by atoms with Gasteiger partial charge < -0.3 is 4.74 Å². The number of hydrogen-bond acceptors (Lipinski definition) is 6. The standard InChI is InChI=1S/C16H23N3O3S/c1-10-5-4-6-12(11(10)2)18-8-17-16-19(9-18)15(21)13(23-16)7-14(20)22-3/h7,10-12H,4-6,8-9H2,1-3H3. The summed E-state index contributed by atoms with van der Waals surface area (Å²) in [4.78, 5) is 31.4. The highest BCUT2D eigenvalue weighted by Crippen LogP contribution is 2.33. The number of hydrogen-bond donors (Lipinski definition) is 0. The zero-order chi connectivity index (χ0) is 16.6. The van der Waals surface area contributed by atoms with Gasteiger partial charge in [-0.2, -0.15) is 0 Å². The van der Waals surface area contributed by atoms with E-state index < -0.39 is 5.97 Å². The number of esters is 1. The second kappa shape index (κ2) is 6.57. The van der Waals surface area contributed by atoms with E-state index in [2.05, 4.69) is 28.5 Å². The number of carbonyl (C=O) groups excluding carboxylic acids is 1. The smallest absolute Gasteiger partial charge is 0.332 e. The molecule has 0 amide bonds. The van der Waals surface area contributed by atoms with Gasteiger partial charge in [0.15, 0.2) is 4.80 Å². The molecule has 0 aromatic carbocycles. The lowest BCUT2D eigenvalue weighted by atomic mass is 9.77. The Morgan fingerprint density at radius 2 is 2.17 bits per heavy atom. The van der Waals surface area contributed by atoms with Crippen LogP contribution in [0.2, 0.25) is 0 Å². The Kier molecular flexibility index (Phi) is 4.68. The molecule has 1 aromatic rings. The van der Waals surface area contributed by atoms with E-state index in [0.717, 1.165) is 6.42 Å². The van der Waals surface area contributed by atoms with Crippen molar-refractivity contribution in [2.45, 2.75) is 45.8 Å². The van der Waals surface area contributed by atoms with E-state index >= 15 is 0 Å². The van der Waals surface area contributed by atoms with Crippen molar-refractivity contribution in [3.05, 3.63) is 19.7 Å². The molecule has 3 atom stereocenters. The highest BCUT2D eigenvalue weighted by Gasteiger charge is 2.32. The van der Waals surface area contributed by atoms with Crippen LogP contribution in [0.4, 0.5) is 0 Å². The summed E-state index contributed by atoms with van der Waals surface area (Å²) in [7, 11) is 1.31. The molecule has 1 aliphatic carbocycles. The fourth-order valence-electron chi connectivity index (χ4n) is 3.57. The third-order valence-electron chi connectivity index (χ3n) is 5.18. The minimum atomic E-state index is -0.507. The summed E-state index contributed by atoms with van der Waals surface area (Å²) >= 11 is 1.26. The monoisotopic (exact) mass is 337 g/mol. The normalized spacial score (nSPS) is 29.0. The summed E-state index contributed by atoms with van der Waals surface area (Å²) in [5.74, 6) is 0.807. The number of nitrogens with zero attached hydrogens (tertiary/aromatic N) is 3. The average molecular weight is 337 g/mol. The van der Waals surface area contributed by atoms with Gasteiger partial charge >= 0.3 is 5.97 Å². The van der Waals surface area contributed by atoms with Gasteiger partial charge in [-0.3, -0.25) is 14.3 Å². The molecular weight excluding hydrogens is 314 g/mol. The molecule has 2 aliphatic rings. The summed E-state index contributed by atoms with van der Waals surface area (Å²) in [6.45, 7) is 5.80. The van der Waals surface area contributed by atoms with Gasteiger partial charge in [0.2, 0.25) is 0 Å². The van der Waals surface area contributed by atoms with Crippen molar-refractivity contribution in [1.29, 1.82) is 0 Å². The van der Waals surface area contributed by atoms with Crippen molar-refractivity contribution in [1.82, 2.24) is 9.47 Å². The molecule has 1 aliphatic heterocycles. The Morgan fingerprint density at radius 3 is 2.91 bits per heavy atom. The van der Waals surface area contributed by atoms with Crippen molar-refractivity contribution in [2.75, 3.05) is 13.8 Å². The van der Waals surface area contributed by atoms with Crippen molar-refractivity contribution in [2.24, 2.45) is 16.8 Å². The van der Waals surface area contributed by atoms with Crippen LogP contribution < -0.4 is 14.9 Å². The number of ether oxygens (including phenoxy) is 1. The number of methoxy groups -OCH3 is 1. The maximum Gasteiger partial charge on any atom is 0.332 e. The Morgan fingerprint density at radius 1 is 1.39 bits per heavy atom. The lowest BCUT2D eigenvalue weighted by Crippen LogP contribution is -2.50. The Balaban J connectivity index is 1.88. The topological polar surface area (TPSA) is 63.9 Å². The molecule has 0 spiro atoms. The molecule has 6 nitrogen and oxygen atoms in total. The fourth-order valence-corrected chi connectivity index (χ4v) is 4.50. The predicted molar refractivity (Wildman–Crippen MR) is 88.5 cm³/mol. The van der Waals surface area contributed by atoms with Crippen LogP contribution in [0.3, 0.4) is 0 Å². The summed E-state index contributed by atoms with van der Waals surface area (Å²) in [5.41, 5.74) is -0.152. The molecule has 23 heavy (non-hydrogen) atoms. The first kappa shape index (κ1) is 16.4. The lowest BCUT2D eigenvalue weighted by Gasteiger charge is -2.41. The molecule has 3 rings (SSSR count). The van der Waals surface area contributed by atoms with Gasteiger partial charge in [-0.05, 0) is 18.3 Å². The number of fused-ring (bicyclic) bond motifs is 1. The molecule has 7 heteroatoms. The van der Waals surface area contributed by atoms with Crippen LogP contribution in [-0.2, 0) is 16.2 Å². The van der Waals surface area contributed by atoms with Crippen LogP contribution >= 0.6 is 11.3 Å². The Bertz CT molecular complexity index is 767. The van der Waals surface area contributed by atoms with Crippen molar-refractivity contribution in [3.63, 3.8) is 0 Å². The van der Waals surface area contributed by atoms with E-state index in [4.69, 9.17) is 0 Å². The van der Waals surface area contributed by atoms with Gasteiger partial charge in [0.05, 0.1) is 20.4 Å². The van der Waals surface area contributed by atoms with Gasteiger partial charge in [0.1, 0.15) is 4.53 Å². The predicted octanol–water partition coefficient (Wildman–Crippen LogP) is 0.538. The maximum atomic E-state index is 12.5. The van der Waals surface area contributed by atoms with E-state index in [1.54, 1.807) is 4.57 Å².